The number of benzene rings is 2. The van der Waals surface area contributed by atoms with Crippen LogP contribution in [0.5, 0.6) is 17.2 Å². The van der Waals surface area contributed by atoms with Gasteiger partial charge < -0.3 is 14.2 Å². The van der Waals surface area contributed by atoms with Gasteiger partial charge in [-0.05, 0) is 41.1 Å². The topological polar surface area (TPSA) is 69.7 Å². The van der Waals surface area contributed by atoms with Crippen LogP contribution in [0.1, 0.15) is 15.2 Å². The fraction of sp³-hybridized carbons (Fsp3) is 0.200. The van der Waals surface area contributed by atoms with Crippen molar-refractivity contribution in [1.29, 1.82) is 0 Å². The molecule has 0 fully saturated rings. The second-order valence-corrected chi connectivity index (χ2v) is 8.80. The van der Waals surface area contributed by atoms with Crippen molar-refractivity contribution < 1.29 is 19.0 Å². The quantitative estimate of drug-likeness (QED) is 0.419. The van der Waals surface area contributed by atoms with Crippen LogP contribution < -0.4 is 19.5 Å². The Bertz CT molecular complexity index is 1050. The first kappa shape index (κ1) is 21.6. The van der Waals surface area contributed by atoms with Crippen molar-refractivity contribution in [2.45, 2.75) is 6.92 Å². The average Bonchev–Trinajstić information content (AvgIpc) is 3.07. The van der Waals surface area contributed by atoms with Crippen molar-refractivity contribution in [2.24, 2.45) is 0 Å². The van der Waals surface area contributed by atoms with E-state index in [1.165, 1.54) is 32.7 Å². The Morgan fingerprint density at radius 3 is 2.28 bits per heavy atom. The number of thiazole rings is 1. The molecule has 1 N–H and O–H groups in total. The zero-order valence-electron chi connectivity index (χ0n) is 16.1. The highest BCUT2D eigenvalue weighted by Crippen LogP contribution is 2.45. The number of anilines is 1. The third-order valence-corrected chi connectivity index (χ3v) is 6.35. The third-order valence-electron chi connectivity index (χ3n) is 4.15. The molecule has 0 aliphatic carbocycles. The van der Waals surface area contributed by atoms with Gasteiger partial charge in [0.15, 0.2) is 16.6 Å². The number of nitrogens with zero attached hydrogens (tertiary/aromatic N) is 1. The molecule has 6 nitrogen and oxygen atoms in total. The molecule has 0 atom stereocenters. The van der Waals surface area contributed by atoms with Crippen molar-refractivity contribution in [3.8, 4) is 28.5 Å². The van der Waals surface area contributed by atoms with E-state index in [2.05, 4.69) is 42.2 Å². The molecule has 1 amide bonds. The SMILES string of the molecule is COc1cc(C(=O)Nc2nc(-c3ccc(Br)cc3)c(C)s2)c(Br)c(OC)c1OC. The van der Waals surface area contributed by atoms with Gasteiger partial charge in [0.25, 0.3) is 5.91 Å². The van der Waals surface area contributed by atoms with E-state index in [-0.39, 0.29) is 5.91 Å². The monoisotopic (exact) mass is 540 g/mol. The number of nitrogens with one attached hydrogen (secondary N) is 1. The van der Waals surface area contributed by atoms with Gasteiger partial charge in [-0.25, -0.2) is 4.98 Å². The van der Waals surface area contributed by atoms with Gasteiger partial charge in [0, 0.05) is 14.9 Å². The fourth-order valence-electron chi connectivity index (χ4n) is 2.78. The fourth-order valence-corrected chi connectivity index (χ4v) is 4.51. The summed E-state index contributed by atoms with van der Waals surface area (Å²) in [5, 5.41) is 3.36. The molecule has 152 valence electrons. The van der Waals surface area contributed by atoms with E-state index in [9.17, 15) is 4.79 Å². The maximum Gasteiger partial charge on any atom is 0.258 e. The zero-order chi connectivity index (χ0) is 21.1. The summed E-state index contributed by atoms with van der Waals surface area (Å²) in [6, 6.07) is 9.47. The third kappa shape index (κ3) is 4.41. The van der Waals surface area contributed by atoms with Crippen LogP contribution in [0.3, 0.4) is 0 Å². The Kier molecular flexibility index (Phi) is 6.81. The molecule has 0 unspecified atom stereocenters. The highest BCUT2D eigenvalue weighted by atomic mass is 79.9. The lowest BCUT2D eigenvalue weighted by molar-refractivity contribution is 0.102. The van der Waals surface area contributed by atoms with E-state index in [0.29, 0.717) is 32.4 Å². The molecule has 0 aliphatic heterocycles. The molecule has 0 saturated heterocycles. The molecule has 29 heavy (non-hydrogen) atoms. The molecule has 3 rings (SSSR count). The summed E-state index contributed by atoms with van der Waals surface area (Å²) in [4.78, 5) is 18.5. The molecule has 0 bridgehead atoms. The number of aromatic nitrogens is 1. The summed E-state index contributed by atoms with van der Waals surface area (Å²) in [6.07, 6.45) is 0. The van der Waals surface area contributed by atoms with Gasteiger partial charge in [0.05, 0.1) is 37.1 Å². The Morgan fingerprint density at radius 2 is 1.69 bits per heavy atom. The molecular formula is C20H18Br2N2O4S. The number of hydrogen-bond acceptors (Lipinski definition) is 6. The smallest absolute Gasteiger partial charge is 0.258 e. The maximum absolute atomic E-state index is 12.9. The summed E-state index contributed by atoms with van der Waals surface area (Å²) in [5.74, 6) is 0.833. The largest absolute Gasteiger partial charge is 0.493 e. The first-order chi connectivity index (χ1) is 13.9. The number of carbonyl (C=O) groups is 1. The average molecular weight is 542 g/mol. The van der Waals surface area contributed by atoms with E-state index >= 15 is 0 Å². The van der Waals surface area contributed by atoms with Gasteiger partial charge >= 0.3 is 0 Å². The highest BCUT2D eigenvalue weighted by molar-refractivity contribution is 9.10. The Balaban J connectivity index is 1.93. The van der Waals surface area contributed by atoms with Crippen LogP contribution in [-0.4, -0.2) is 32.2 Å². The standard InChI is InChI=1S/C20H18Br2N2O4S/c1-10-16(11-5-7-12(21)8-6-11)23-20(29-10)24-19(25)13-9-14(26-2)17(27-3)18(28-4)15(13)22/h5-9H,1-4H3,(H,23,24,25). The van der Waals surface area contributed by atoms with Crippen LogP contribution in [0.4, 0.5) is 5.13 Å². The maximum atomic E-state index is 12.9. The number of ether oxygens (including phenoxy) is 3. The number of halogens is 2. The molecular weight excluding hydrogens is 524 g/mol. The lowest BCUT2D eigenvalue weighted by Gasteiger charge is -2.16. The summed E-state index contributed by atoms with van der Waals surface area (Å²) in [6.45, 7) is 1.97. The molecule has 1 heterocycles. The van der Waals surface area contributed by atoms with E-state index in [0.717, 1.165) is 20.6 Å². The zero-order valence-corrected chi connectivity index (χ0v) is 20.1. The van der Waals surface area contributed by atoms with Crippen LogP contribution >= 0.6 is 43.2 Å². The number of carbonyl (C=O) groups excluding carboxylic acids is 1. The van der Waals surface area contributed by atoms with Crippen molar-refractivity contribution in [3.05, 3.63) is 49.7 Å². The van der Waals surface area contributed by atoms with Crippen LogP contribution in [0, 0.1) is 6.92 Å². The molecule has 1 aromatic heterocycles. The summed E-state index contributed by atoms with van der Waals surface area (Å²) < 4.78 is 17.5. The van der Waals surface area contributed by atoms with Crippen LogP contribution in [0.2, 0.25) is 0 Å². The van der Waals surface area contributed by atoms with Crippen LogP contribution in [0.25, 0.3) is 11.3 Å². The van der Waals surface area contributed by atoms with Gasteiger partial charge in [0.1, 0.15) is 0 Å². The van der Waals surface area contributed by atoms with Crippen molar-refractivity contribution >= 4 is 54.2 Å². The molecule has 0 spiro atoms. The Hall–Kier alpha value is -2.10. The van der Waals surface area contributed by atoms with E-state index in [1.54, 1.807) is 6.07 Å². The number of rotatable bonds is 6. The van der Waals surface area contributed by atoms with E-state index in [1.807, 2.05) is 31.2 Å². The second kappa shape index (κ2) is 9.15. The number of hydrogen-bond donors (Lipinski definition) is 1. The van der Waals surface area contributed by atoms with Crippen LogP contribution in [0.15, 0.2) is 39.3 Å². The molecule has 3 aromatic rings. The van der Waals surface area contributed by atoms with E-state index in [4.69, 9.17) is 14.2 Å². The molecule has 0 radical (unpaired) electrons. The normalized spacial score (nSPS) is 10.6. The first-order valence-corrected chi connectivity index (χ1v) is 10.8. The summed E-state index contributed by atoms with van der Waals surface area (Å²) in [7, 11) is 4.51. The minimum absolute atomic E-state index is 0.341. The number of aryl methyl sites for hydroxylation is 1. The van der Waals surface area contributed by atoms with Crippen molar-refractivity contribution in [3.63, 3.8) is 0 Å². The van der Waals surface area contributed by atoms with E-state index < -0.39 is 0 Å². The molecule has 0 saturated carbocycles. The Labute approximate surface area is 189 Å². The molecule has 2 aromatic carbocycles. The van der Waals surface area contributed by atoms with Gasteiger partial charge in [-0.1, -0.05) is 28.1 Å². The van der Waals surface area contributed by atoms with Gasteiger partial charge in [0.2, 0.25) is 5.75 Å². The molecule has 0 aliphatic rings. The first-order valence-electron chi connectivity index (χ1n) is 8.42. The van der Waals surface area contributed by atoms with Crippen LogP contribution in [-0.2, 0) is 0 Å². The summed E-state index contributed by atoms with van der Waals surface area (Å²) >= 11 is 8.28. The predicted molar refractivity (Wildman–Crippen MR) is 122 cm³/mol. The minimum Gasteiger partial charge on any atom is -0.493 e. The van der Waals surface area contributed by atoms with Crippen molar-refractivity contribution in [1.82, 2.24) is 4.98 Å². The summed E-state index contributed by atoms with van der Waals surface area (Å²) in [5.41, 5.74) is 2.16. The van der Waals surface area contributed by atoms with Gasteiger partial charge in [-0.2, -0.15) is 0 Å². The lowest BCUT2D eigenvalue weighted by atomic mass is 10.1. The number of amides is 1. The Morgan fingerprint density at radius 1 is 1.03 bits per heavy atom. The number of methoxy groups -OCH3 is 3. The minimum atomic E-state index is -0.341. The highest BCUT2D eigenvalue weighted by Gasteiger charge is 2.23. The van der Waals surface area contributed by atoms with Gasteiger partial charge in [-0.15, -0.1) is 11.3 Å². The predicted octanol–water partition coefficient (Wildman–Crippen LogP) is 5.92. The molecule has 9 heteroatoms. The van der Waals surface area contributed by atoms with Crippen molar-refractivity contribution in [2.75, 3.05) is 26.6 Å². The second-order valence-electron chi connectivity index (χ2n) is 5.89. The lowest BCUT2D eigenvalue weighted by Crippen LogP contribution is -2.13. The van der Waals surface area contributed by atoms with Gasteiger partial charge in [-0.3, -0.25) is 10.1 Å².